The van der Waals surface area contributed by atoms with Gasteiger partial charge in [0.25, 0.3) is 5.89 Å². The van der Waals surface area contributed by atoms with Crippen molar-refractivity contribution in [2.45, 2.75) is 50.7 Å². The van der Waals surface area contributed by atoms with Crippen molar-refractivity contribution in [1.82, 2.24) is 10.1 Å². The minimum Gasteiger partial charge on any atom is -0.383 e. The van der Waals surface area contributed by atoms with Crippen LogP contribution in [-0.4, -0.2) is 28.9 Å². The maximum atomic E-state index is 9.82. The number of nitrogens with two attached hydrogens (primary N) is 1. The van der Waals surface area contributed by atoms with Crippen LogP contribution in [-0.2, 0) is 10.3 Å². The average molecular weight is 269 g/mol. The molecule has 0 bridgehead atoms. The summed E-state index contributed by atoms with van der Waals surface area (Å²) in [6, 6.07) is 0. The van der Waals surface area contributed by atoms with E-state index in [0.717, 1.165) is 19.3 Å². The van der Waals surface area contributed by atoms with Gasteiger partial charge in [-0.25, -0.2) is 0 Å². The second-order valence-electron chi connectivity index (χ2n) is 5.45. The van der Waals surface area contributed by atoms with Gasteiger partial charge in [0.1, 0.15) is 11.7 Å². The van der Waals surface area contributed by atoms with Gasteiger partial charge in [-0.1, -0.05) is 18.5 Å². The normalized spacial score (nSPS) is 29.4. The number of hydrogen-bond acceptors (Lipinski definition) is 6. The van der Waals surface area contributed by atoms with Gasteiger partial charge < -0.3 is 20.1 Å². The van der Waals surface area contributed by atoms with E-state index in [9.17, 15) is 5.11 Å². The van der Waals surface area contributed by atoms with E-state index in [0.29, 0.717) is 24.7 Å². The summed E-state index contributed by atoms with van der Waals surface area (Å²) in [6.07, 6.45) is 3.68. The van der Waals surface area contributed by atoms with Crippen LogP contribution in [0.1, 0.15) is 56.8 Å². The largest absolute Gasteiger partial charge is 0.383 e. The third-order valence-electron chi connectivity index (χ3n) is 3.92. The summed E-state index contributed by atoms with van der Waals surface area (Å²) in [7, 11) is 1.68. The molecular weight excluding hydrogens is 246 g/mol. The number of nitrogens with zero attached hydrogens (tertiary/aromatic N) is 2. The van der Waals surface area contributed by atoms with Crippen molar-refractivity contribution in [1.29, 1.82) is 0 Å². The Kier molecular flexibility index (Phi) is 4.54. The third-order valence-corrected chi connectivity index (χ3v) is 3.92. The first-order chi connectivity index (χ1) is 9.11. The molecule has 1 aromatic rings. The van der Waals surface area contributed by atoms with Crippen molar-refractivity contribution in [3.63, 3.8) is 0 Å². The fraction of sp³-hybridized carbons (Fsp3) is 0.846. The smallest absolute Gasteiger partial charge is 0.255 e. The van der Waals surface area contributed by atoms with Gasteiger partial charge in [0.2, 0.25) is 5.82 Å². The van der Waals surface area contributed by atoms with Crippen LogP contribution in [0, 0.1) is 5.92 Å². The Bertz CT molecular complexity index is 410. The Hall–Kier alpha value is -0.980. The number of aromatic nitrogens is 2. The third kappa shape index (κ3) is 2.96. The molecule has 0 radical (unpaired) electrons. The summed E-state index contributed by atoms with van der Waals surface area (Å²) < 4.78 is 10.8. The van der Waals surface area contributed by atoms with Gasteiger partial charge in [-0.15, -0.1) is 0 Å². The molecule has 3 N–H and O–H groups in total. The van der Waals surface area contributed by atoms with Gasteiger partial charge in [0.15, 0.2) is 0 Å². The number of ether oxygens (including phenoxy) is 1. The van der Waals surface area contributed by atoms with Crippen LogP contribution in [0.4, 0.5) is 0 Å². The molecule has 1 aliphatic rings. The fourth-order valence-corrected chi connectivity index (χ4v) is 2.82. The molecule has 0 aromatic carbocycles. The van der Waals surface area contributed by atoms with E-state index in [1.165, 1.54) is 6.42 Å². The molecule has 108 valence electrons. The molecule has 3 atom stereocenters. The van der Waals surface area contributed by atoms with Gasteiger partial charge in [-0.3, -0.25) is 0 Å². The molecule has 0 saturated heterocycles. The van der Waals surface area contributed by atoms with E-state index in [2.05, 4.69) is 17.1 Å². The average Bonchev–Trinajstić information content (AvgIpc) is 2.89. The van der Waals surface area contributed by atoms with Crippen LogP contribution >= 0.6 is 0 Å². The zero-order valence-electron chi connectivity index (χ0n) is 11.6. The maximum Gasteiger partial charge on any atom is 0.255 e. The van der Waals surface area contributed by atoms with Gasteiger partial charge in [-0.2, -0.15) is 4.98 Å². The first-order valence-electron chi connectivity index (χ1n) is 6.88. The summed E-state index contributed by atoms with van der Waals surface area (Å²) in [5.41, 5.74) is 4.94. The molecule has 2 unspecified atom stereocenters. The number of aliphatic hydroxyl groups is 1. The summed E-state index contributed by atoms with van der Waals surface area (Å²) in [5.74, 6) is 1.35. The van der Waals surface area contributed by atoms with E-state index in [1.807, 2.05) is 0 Å². The highest BCUT2D eigenvalue weighted by Gasteiger charge is 2.41. The quantitative estimate of drug-likeness (QED) is 0.841. The summed E-state index contributed by atoms with van der Waals surface area (Å²) in [5, 5.41) is 13.8. The minimum absolute atomic E-state index is 0.232. The van der Waals surface area contributed by atoms with E-state index < -0.39 is 11.7 Å². The van der Waals surface area contributed by atoms with Crippen LogP contribution in [0.15, 0.2) is 4.52 Å². The Morgan fingerprint density at radius 1 is 1.63 bits per heavy atom. The molecule has 0 amide bonds. The first-order valence-corrected chi connectivity index (χ1v) is 6.88. The number of aliphatic hydroxyl groups excluding tert-OH is 1. The number of rotatable bonds is 5. The highest BCUT2D eigenvalue weighted by molar-refractivity contribution is 5.05. The van der Waals surface area contributed by atoms with Gasteiger partial charge in [0, 0.05) is 7.11 Å². The maximum absolute atomic E-state index is 9.82. The molecule has 2 rings (SSSR count). The fourth-order valence-electron chi connectivity index (χ4n) is 2.82. The van der Waals surface area contributed by atoms with Gasteiger partial charge >= 0.3 is 0 Å². The molecule has 1 aliphatic carbocycles. The molecule has 6 heteroatoms. The van der Waals surface area contributed by atoms with Crippen molar-refractivity contribution < 1.29 is 14.4 Å². The molecule has 19 heavy (non-hydrogen) atoms. The lowest BCUT2D eigenvalue weighted by atomic mass is 9.78. The predicted octanol–water partition coefficient (Wildman–Crippen LogP) is 1.50. The SMILES string of the molecule is COC1(c2noc([C@@H](O)CCN)n2)CCCC(C)C1. The molecule has 1 heterocycles. The van der Waals surface area contributed by atoms with Crippen molar-refractivity contribution in [3.05, 3.63) is 11.7 Å². The second kappa shape index (κ2) is 5.98. The Morgan fingerprint density at radius 3 is 3.05 bits per heavy atom. The van der Waals surface area contributed by atoms with Crippen LogP contribution in [0.3, 0.4) is 0 Å². The number of methoxy groups -OCH3 is 1. The highest BCUT2D eigenvalue weighted by atomic mass is 16.5. The summed E-state index contributed by atoms with van der Waals surface area (Å²) in [6.45, 7) is 2.59. The Labute approximate surface area is 113 Å². The van der Waals surface area contributed by atoms with Gasteiger partial charge in [-0.05, 0) is 38.1 Å². The molecule has 1 fully saturated rings. The Morgan fingerprint density at radius 2 is 2.42 bits per heavy atom. The van der Waals surface area contributed by atoms with Gasteiger partial charge in [0.05, 0.1) is 0 Å². The molecule has 1 aromatic heterocycles. The summed E-state index contributed by atoms with van der Waals surface area (Å²) in [4.78, 5) is 4.32. The topological polar surface area (TPSA) is 94.4 Å². The zero-order chi connectivity index (χ0) is 13.9. The molecule has 0 aliphatic heterocycles. The van der Waals surface area contributed by atoms with Crippen molar-refractivity contribution >= 4 is 0 Å². The van der Waals surface area contributed by atoms with E-state index in [4.69, 9.17) is 15.0 Å². The van der Waals surface area contributed by atoms with Crippen LogP contribution in [0.2, 0.25) is 0 Å². The lowest BCUT2D eigenvalue weighted by Gasteiger charge is -2.36. The monoisotopic (exact) mass is 269 g/mol. The van der Waals surface area contributed by atoms with Crippen molar-refractivity contribution in [2.24, 2.45) is 11.7 Å². The van der Waals surface area contributed by atoms with E-state index >= 15 is 0 Å². The Balaban J connectivity index is 2.19. The number of hydrogen-bond donors (Lipinski definition) is 2. The molecule has 0 spiro atoms. The van der Waals surface area contributed by atoms with E-state index in [1.54, 1.807) is 7.11 Å². The first kappa shape index (κ1) is 14.4. The van der Waals surface area contributed by atoms with Crippen molar-refractivity contribution in [2.75, 3.05) is 13.7 Å². The lowest BCUT2D eigenvalue weighted by Crippen LogP contribution is -2.35. The second-order valence-corrected chi connectivity index (χ2v) is 5.45. The lowest BCUT2D eigenvalue weighted by molar-refractivity contribution is -0.0658. The van der Waals surface area contributed by atoms with Crippen LogP contribution < -0.4 is 5.73 Å². The zero-order valence-corrected chi connectivity index (χ0v) is 11.6. The van der Waals surface area contributed by atoms with Crippen molar-refractivity contribution in [3.8, 4) is 0 Å². The minimum atomic E-state index is -0.791. The van der Waals surface area contributed by atoms with E-state index in [-0.39, 0.29) is 5.89 Å². The van der Waals surface area contributed by atoms with Crippen LogP contribution in [0.5, 0.6) is 0 Å². The summed E-state index contributed by atoms with van der Waals surface area (Å²) >= 11 is 0. The predicted molar refractivity (Wildman–Crippen MR) is 69.2 cm³/mol. The standard InChI is InChI=1S/C13H23N3O3/c1-9-4-3-6-13(8-9,18-2)12-15-11(19-16-12)10(17)5-7-14/h9-10,17H,3-8,14H2,1-2H3/t9?,10-,13?/m0/s1. The molecular formula is C13H23N3O3. The van der Waals surface area contributed by atoms with Crippen LogP contribution in [0.25, 0.3) is 0 Å². The molecule has 1 saturated carbocycles. The molecule has 6 nitrogen and oxygen atoms in total. The highest BCUT2D eigenvalue weighted by Crippen LogP contribution is 2.41.